The number of aromatic nitrogens is 1. The van der Waals surface area contributed by atoms with Crippen LogP contribution in [0, 0.1) is 0 Å². The molecule has 0 unspecified atom stereocenters. The van der Waals surface area contributed by atoms with E-state index in [2.05, 4.69) is 10.2 Å². The van der Waals surface area contributed by atoms with Crippen molar-refractivity contribution in [1.82, 2.24) is 10.3 Å². The van der Waals surface area contributed by atoms with Gasteiger partial charge in [0.15, 0.2) is 5.13 Å². The minimum Gasteiger partial charge on any atom is -0.490 e. The van der Waals surface area contributed by atoms with Crippen molar-refractivity contribution >= 4 is 33.8 Å². The van der Waals surface area contributed by atoms with Crippen molar-refractivity contribution < 1.29 is 9.53 Å². The number of nitrogens with zero attached hydrogens (tertiary/aromatic N) is 2. The highest BCUT2D eigenvalue weighted by atomic mass is 32.1. The van der Waals surface area contributed by atoms with E-state index in [0.717, 1.165) is 28.7 Å². The Bertz CT molecular complexity index is 799. The Morgan fingerprint density at radius 2 is 2.26 bits per heavy atom. The maximum atomic E-state index is 12.3. The number of carbonyl (C=O) groups excluding carboxylic acids is 1. The van der Waals surface area contributed by atoms with Gasteiger partial charge in [0.25, 0.3) is 5.91 Å². The Morgan fingerprint density at radius 1 is 1.43 bits per heavy atom. The summed E-state index contributed by atoms with van der Waals surface area (Å²) in [6, 6.07) is 5.59. The normalized spacial score (nSPS) is 18.7. The molecule has 1 aromatic carbocycles. The number of rotatable bonds is 1. The van der Waals surface area contributed by atoms with Crippen LogP contribution >= 0.6 is 11.3 Å². The molecule has 1 aromatic heterocycles. The minimum atomic E-state index is -0.261. The lowest BCUT2D eigenvalue weighted by Crippen LogP contribution is -2.48. The highest BCUT2D eigenvalue weighted by Gasteiger charge is 2.34. The third-order valence-corrected chi connectivity index (χ3v) is 5.15. The standard InChI is InChI=1S/C16H18N4O2S/c1-16(2)8-10-13(14(21)19-16)23-15(18-10)20-5-6-22-12-4-3-9(17)7-11(12)20/h3-4,7H,5-6,8,17H2,1-2H3,(H,19,21). The Hall–Kier alpha value is -2.28. The number of fused-ring (bicyclic) bond motifs is 2. The number of benzene rings is 1. The fourth-order valence-corrected chi connectivity index (χ4v) is 4.03. The van der Waals surface area contributed by atoms with Gasteiger partial charge in [-0.15, -0.1) is 0 Å². The average molecular weight is 330 g/mol. The van der Waals surface area contributed by atoms with Gasteiger partial charge in [0, 0.05) is 17.6 Å². The maximum absolute atomic E-state index is 12.3. The van der Waals surface area contributed by atoms with Crippen molar-refractivity contribution in [3.63, 3.8) is 0 Å². The van der Waals surface area contributed by atoms with Gasteiger partial charge in [-0.05, 0) is 32.0 Å². The van der Waals surface area contributed by atoms with Gasteiger partial charge in [0.05, 0.1) is 17.9 Å². The summed E-state index contributed by atoms with van der Waals surface area (Å²) in [5, 5.41) is 3.84. The molecule has 2 aromatic rings. The van der Waals surface area contributed by atoms with Crippen molar-refractivity contribution in [3.05, 3.63) is 28.8 Å². The summed E-state index contributed by atoms with van der Waals surface area (Å²) < 4.78 is 5.69. The number of hydrogen-bond donors (Lipinski definition) is 2. The first kappa shape index (κ1) is 14.3. The van der Waals surface area contributed by atoms with Crippen LogP contribution in [-0.2, 0) is 6.42 Å². The van der Waals surface area contributed by atoms with Gasteiger partial charge in [-0.3, -0.25) is 4.79 Å². The van der Waals surface area contributed by atoms with E-state index in [1.54, 1.807) is 0 Å². The second-order valence-electron chi connectivity index (χ2n) is 6.51. The van der Waals surface area contributed by atoms with E-state index in [1.807, 2.05) is 32.0 Å². The predicted octanol–water partition coefficient (Wildman–Crippen LogP) is 2.32. The molecule has 0 saturated carbocycles. The molecule has 3 N–H and O–H groups in total. The van der Waals surface area contributed by atoms with Crippen LogP contribution in [0.2, 0.25) is 0 Å². The fourth-order valence-electron chi connectivity index (χ4n) is 3.01. The third-order valence-electron chi connectivity index (χ3n) is 4.03. The van der Waals surface area contributed by atoms with Crippen LogP contribution in [0.4, 0.5) is 16.5 Å². The molecule has 7 heteroatoms. The summed E-state index contributed by atoms with van der Waals surface area (Å²) in [5.74, 6) is 0.754. The number of nitrogen functional groups attached to an aromatic ring is 1. The van der Waals surface area contributed by atoms with Gasteiger partial charge in [0.1, 0.15) is 17.2 Å². The molecule has 0 aliphatic carbocycles. The molecule has 3 heterocycles. The molecular formula is C16H18N4O2S. The Balaban J connectivity index is 1.77. The van der Waals surface area contributed by atoms with Crippen LogP contribution in [0.15, 0.2) is 18.2 Å². The molecule has 2 aliphatic heterocycles. The van der Waals surface area contributed by atoms with Crippen molar-refractivity contribution in [2.24, 2.45) is 0 Å². The summed E-state index contributed by atoms with van der Waals surface area (Å²) in [4.78, 5) is 19.8. The van der Waals surface area contributed by atoms with Crippen molar-refractivity contribution in [2.45, 2.75) is 25.8 Å². The first-order chi connectivity index (χ1) is 10.9. The highest BCUT2D eigenvalue weighted by Crippen LogP contribution is 2.41. The number of nitrogens with one attached hydrogen (secondary N) is 1. The second-order valence-corrected chi connectivity index (χ2v) is 7.49. The van der Waals surface area contributed by atoms with E-state index in [-0.39, 0.29) is 11.4 Å². The number of ether oxygens (including phenoxy) is 1. The molecule has 0 fully saturated rings. The summed E-state index contributed by atoms with van der Waals surface area (Å²) >= 11 is 1.43. The van der Waals surface area contributed by atoms with Gasteiger partial charge in [-0.1, -0.05) is 11.3 Å². The number of amides is 1. The molecule has 0 spiro atoms. The number of carbonyl (C=O) groups is 1. The Labute approximate surface area is 138 Å². The SMILES string of the molecule is CC1(C)Cc2nc(N3CCOc4ccc(N)cc43)sc2C(=O)N1. The molecule has 4 rings (SSSR count). The monoisotopic (exact) mass is 330 g/mol. The van der Waals surface area contributed by atoms with Crippen LogP contribution in [0.3, 0.4) is 0 Å². The van der Waals surface area contributed by atoms with Gasteiger partial charge in [-0.2, -0.15) is 0 Å². The minimum absolute atomic E-state index is 0.0407. The molecule has 23 heavy (non-hydrogen) atoms. The molecular weight excluding hydrogens is 312 g/mol. The van der Waals surface area contributed by atoms with Gasteiger partial charge in [0.2, 0.25) is 0 Å². The van der Waals surface area contributed by atoms with Crippen LogP contribution in [0.5, 0.6) is 5.75 Å². The van der Waals surface area contributed by atoms with E-state index in [9.17, 15) is 4.79 Å². The lowest BCUT2D eigenvalue weighted by molar-refractivity contribution is 0.0901. The highest BCUT2D eigenvalue weighted by molar-refractivity contribution is 7.17. The summed E-state index contributed by atoms with van der Waals surface area (Å²) in [6.45, 7) is 5.29. The van der Waals surface area contributed by atoms with Crippen LogP contribution < -0.4 is 20.7 Å². The van der Waals surface area contributed by atoms with Crippen molar-refractivity contribution in [1.29, 1.82) is 0 Å². The quantitative estimate of drug-likeness (QED) is 0.784. The summed E-state index contributed by atoms with van der Waals surface area (Å²) in [6.07, 6.45) is 0.735. The van der Waals surface area contributed by atoms with E-state index in [4.69, 9.17) is 15.5 Å². The molecule has 120 valence electrons. The zero-order valence-corrected chi connectivity index (χ0v) is 13.9. The lowest BCUT2D eigenvalue weighted by Gasteiger charge is -2.29. The second kappa shape index (κ2) is 4.86. The third kappa shape index (κ3) is 2.41. The van der Waals surface area contributed by atoms with E-state index in [1.165, 1.54) is 11.3 Å². The molecule has 2 aliphatic rings. The largest absolute Gasteiger partial charge is 0.490 e. The molecule has 0 saturated heterocycles. The van der Waals surface area contributed by atoms with Gasteiger partial charge >= 0.3 is 0 Å². The number of thiazole rings is 1. The summed E-state index contributed by atoms with van der Waals surface area (Å²) in [5.41, 5.74) is 8.11. The van der Waals surface area contributed by atoms with Gasteiger partial charge < -0.3 is 20.7 Å². The van der Waals surface area contributed by atoms with Crippen LogP contribution in [0.1, 0.15) is 29.2 Å². The average Bonchev–Trinajstić information content (AvgIpc) is 2.89. The van der Waals surface area contributed by atoms with Crippen LogP contribution in [-0.4, -0.2) is 29.6 Å². The Kier molecular flexibility index (Phi) is 3.02. The zero-order chi connectivity index (χ0) is 16.2. The molecule has 6 nitrogen and oxygen atoms in total. The molecule has 0 radical (unpaired) electrons. The molecule has 0 atom stereocenters. The van der Waals surface area contributed by atoms with Crippen molar-refractivity contribution in [3.8, 4) is 5.75 Å². The fraction of sp³-hybridized carbons (Fsp3) is 0.375. The molecule has 0 bridgehead atoms. The number of nitrogens with two attached hydrogens (primary N) is 1. The number of anilines is 3. The van der Waals surface area contributed by atoms with Crippen LogP contribution in [0.25, 0.3) is 0 Å². The number of hydrogen-bond acceptors (Lipinski definition) is 6. The van der Waals surface area contributed by atoms with Crippen molar-refractivity contribution in [2.75, 3.05) is 23.8 Å². The topological polar surface area (TPSA) is 80.5 Å². The van der Waals surface area contributed by atoms with E-state index in [0.29, 0.717) is 23.7 Å². The zero-order valence-electron chi connectivity index (χ0n) is 13.0. The maximum Gasteiger partial charge on any atom is 0.263 e. The van der Waals surface area contributed by atoms with E-state index < -0.39 is 0 Å². The Morgan fingerprint density at radius 3 is 3.09 bits per heavy atom. The predicted molar refractivity (Wildman–Crippen MR) is 90.7 cm³/mol. The first-order valence-corrected chi connectivity index (χ1v) is 8.37. The van der Waals surface area contributed by atoms with Gasteiger partial charge in [-0.25, -0.2) is 4.98 Å². The summed E-state index contributed by atoms with van der Waals surface area (Å²) in [7, 11) is 0. The lowest BCUT2D eigenvalue weighted by atomic mass is 9.94. The van der Waals surface area contributed by atoms with E-state index >= 15 is 0 Å². The first-order valence-electron chi connectivity index (χ1n) is 7.55. The smallest absolute Gasteiger partial charge is 0.263 e. The molecule has 1 amide bonds.